The Morgan fingerprint density at radius 3 is 2.64 bits per heavy atom. The summed E-state index contributed by atoms with van der Waals surface area (Å²) in [5.41, 5.74) is 3.41. The molecule has 0 aliphatic rings. The number of hydrogen-bond acceptors (Lipinski definition) is 3. The molecule has 0 saturated heterocycles. The molecular formula is C17H22N4S. The van der Waals surface area contributed by atoms with Crippen LogP contribution in [0.3, 0.4) is 0 Å². The van der Waals surface area contributed by atoms with Crippen molar-refractivity contribution < 1.29 is 0 Å². The molecule has 1 heterocycles. The first-order chi connectivity index (χ1) is 10.7. The topological polar surface area (TPSA) is 40.2 Å². The predicted molar refractivity (Wildman–Crippen MR) is 97.5 cm³/mol. The summed E-state index contributed by atoms with van der Waals surface area (Å²) in [5, 5.41) is 6.97. The largest absolute Gasteiger partial charge is 0.370 e. The number of hydrogen-bond donors (Lipinski definition) is 2. The summed E-state index contributed by atoms with van der Waals surface area (Å²) in [6, 6.07) is 12.4. The molecule has 0 radical (unpaired) electrons. The third-order valence-electron chi connectivity index (χ3n) is 3.37. The van der Waals surface area contributed by atoms with Crippen molar-refractivity contribution in [2.24, 2.45) is 0 Å². The SMILES string of the molecule is CCN(CCNC(=S)Nc1cccnc1)c1ccc(C)cc1. The quantitative estimate of drug-likeness (QED) is 0.801. The molecule has 22 heavy (non-hydrogen) atoms. The molecular weight excluding hydrogens is 292 g/mol. The van der Waals surface area contributed by atoms with Gasteiger partial charge >= 0.3 is 0 Å². The molecule has 0 fully saturated rings. The van der Waals surface area contributed by atoms with Gasteiger partial charge in [-0.2, -0.15) is 0 Å². The van der Waals surface area contributed by atoms with Crippen molar-refractivity contribution in [3.63, 3.8) is 0 Å². The van der Waals surface area contributed by atoms with Crippen LogP contribution < -0.4 is 15.5 Å². The highest BCUT2D eigenvalue weighted by atomic mass is 32.1. The fourth-order valence-electron chi connectivity index (χ4n) is 2.14. The zero-order chi connectivity index (χ0) is 15.8. The summed E-state index contributed by atoms with van der Waals surface area (Å²) in [7, 11) is 0. The van der Waals surface area contributed by atoms with Gasteiger partial charge in [-0.3, -0.25) is 4.98 Å². The monoisotopic (exact) mass is 314 g/mol. The van der Waals surface area contributed by atoms with Crippen LogP contribution in [0.25, 0.3) is 0 Å². The van der Waals surface area contributed by atoms with Gasteiger partial charge in [0.2, 0.25) is 0 Å². The Morgan fingerprint density at radius 1 is 1.23 bits per heavy atom. The summed E-state index contributed by atoms with van der Waals surface area (Å²) in [4.78, 5) is 6.37. The molecule has 1 aromatic heterocycles. The van der Waals surface area contributed by atoms with E-state index in [1.54, 1.807) is 12.4 Å². The first-order valence-corrected chi connectivity index (χ1v) is 7.86. The van der Waals surface area contributed by atoms with Gasteiger partial charge in [0.1, 0.15) is 0 Å². The maximum Gasteiger partial charge on any atom is 0.170 e. The van der Waals surface area contributed by atoms with Crippen molar-refractivity contribution in [2.45, 2.75) is 13.8 Å². The molecule has 0 unspecified atom stereocenters. The first-order valence-electron chi connectivity index (χ1n) is 7.45. The lowest BCUT2D eigenvalue weighted by Crippen LogP contribution is -2.36. The summed E-state index contributed by atoms with van der Waals surface area (Å²) in [6.07, 6.45) is 3.49. The maximum absolute atomic E-state index is 5.29. The first kappa shape index (κ1) is 16.2. The molecule has 0 aliphatic heterocycles. The second-order valence-corrected chi connectivity index (χ2v) is 5.45. The highest BCUT2D eigenvalue weighted by Gasteiger charge is 2.04. The van der Waals surface area contributed by atoms with Crippen molar-refractivity contribution in [1.29, 1.82) is 0 Å². The Kier molecular flexibility index (Phi) is 6.15. The molecule has 0 spiro atoms. The van der Waals surface area contributed by atoms with Crippen LogP contribution in [0.5, 0.6) is 0 Å². The lowest BCUT2D eigenvalue weighted by atomic mass is 10.2. The van der Waals surface area contributed by atoms with E-state index >= 15 is 0 Å². The number of benzene rings is 1. The van der Waals surface area contributed by atoms with E-state index in [2.05, 4.69) is 58.6 Å². The molecule has 1 aromatic carbocycles. The molecule has 116 valence electrons. The van der Waals surface area contributed by atoms with Crippen molar-refractivity contribution in [3.8, 4) is 0 Å². The van der Waals surface area contributed by atoms with Crippen LogP contribution in [-0.2, 0) is 0 Å². The number of rotatable bonds is 6. The second kappa shape index (κ2) is 8.34. The maximum atomic E-state index is 5.29. The van der Waals surface area contributed by atoms with Gasteiger partial charge < -0.3 is 15.5 Å². The van der Waals surface area contributed by atoms with E-state index in [4.69, 9.17) is 12.2 Å². The smallest absolute Gasteiger partial charge is 0.170 e. The molecule has 0 saturated carbocycles. The van der Waals surface area contributed by atoms with Gasteiger partial charge in [0.25, 0.3) is 0 Å². The number of pyridine rings is 1. The van der Waals surface area contributed by atoms with Gasteiger partial charge in [0.15, 0.2) is 5.11 Å². The number of aromatic nitrogens is 1. The number of likely N-dealkylation sites (N-methyl/N-ethyl adjacent to an activating group) is 1. The highest BCUT2D eigenvalue weighted by molar-refractivity contribution is 7.80. The second-order valence-electron chi connectivity index (χ2n) is 5.04. The lowest BCUT2D eigenvalue weighted by Gasteiger charge is -2.23. The zero-order valence-corrected chi connectivity index (χ0v) is 13.9. The van der Waals surface area contributed by atoms with E-state index < -0.39 is 0 Å². The molecule has 0 atom stereocenters. The molecule has 4 nitrogen and oxygen atoms in total. The minimum atomic E-state index is 0.618. The third-order valence-corrected chi connectivity index (χ3v) is 3.61. The summed E-state index contributed by atoms with van der Waals surface area (Å²) >= 11 is 5.29. The molecule has 0 aliphatic carbocycles. The molecule has 0 bridgehead atoms. The number of aryl methyl sites for hydroxylation is 1. The van der Waals surface area contributed by atoms with Crippen molar-refractivity contribution in [1.82, 2.24) is 10.3 Å². The van der Waals surface area contributed by atoms with Crippen molar-refractivity contribution in [3.05, 3.63) is 54.4 Å². The minimum Gasteiger partial charge on any atom is -0.370 e. The number of nitrogens with zero attached hydrogens (tertiary/aromatic N) is 2. The Hall–Kier alpha value is -2.14. The fourth-order valence-corrected chi connectivity index (χ4v) is 2.36. The molecule has 2 N–H and O–H groups in total. The molecule has 0 amide bonds. The molecule has 5 heteroatoms. The van der Waals surface area contributed by atoms with Crippen LogP contribution >= 0.6 is 12.2 Å². The fraction of sp³-hybridized carbons (Fsp3) is 0.294. The van der Waals surface area contributed by atoms with Crippen LogP contribution in [-0.4, -0.2) is 29.7 Å². The lowest BCUT2D eigenvalue weighted by molar-refractivity contribution is 0.779. The number of nitrogens with one attached hydrogen (secondary N) is 2. The van der Waals surface area contributed by atoms with Crippen molar-refractivity contribution in [2.75, 3.05) is 29.9 Å². The van der Waals surface area contributed by atoms with E-state index in [1.807, 2.05) is 12.1 Å². The average molecular weight is 314 g/mol. The van der Waals surface area contributed by atoms with E-state index in [-0.39, 0.29) is 0 Å². The molecule has 2 rings (SSSR count). The number of thiocarbonyl (C=S) groups is 1. The van der Waals surface area contributed by atoms with Crippen LogP contribution in [0.1, 0.15) is 12.5 Å². The van der Waals surface area contributed by atoms with Gasteiger partial charge in [-0.25, -0.2) is 0 Å². The zero-order valence-electron chi connectivity index (χ0n) is 13.0. The summed E-state index contributed by atoms with van der Waals surface area (Å²) < 4.78 is 0. The highest BCUT2D eigenvalue weighted by Crippen LogP contribution is 2.14. The Morgan fingerprint density at radius 2 is 2.00 bits per heavy atom. The van der Waals surface area contributed by atoms with Crippen LogP contribution in [0.4, 0.5) is 11.4 Å². The Bertz CT molecular complexity index is 583. The van der Waals surface area contributed by atoms with Gasteiger partial charge in [-0.1, -0.05) is 17.7 Å². The Balaban J connectivity index is 1.79. The van der Waals surface area contributed by atoms with E-state index in [1.165, 1.54) is 11.3 Å². The summed E-state index contributed by atoms with van der Waals surface area (Å²) in [6.45, 7) is 6.91. The normalized spacial score (nSPS) is 10.1. The Labute approximate surface area is 137 Å². The van der Waals surface area contributed by atoms with Gasteiger partial charge in [-0.15, -0.1) is 0 Å². The number of anilines is 2. The van der Waals surface area contributed by atoms with Gasteiger partial charge in [0.05, 0.1) is 11.9 Å². The van der Waals surface area contributed by atoms with E-state index in [0.29, 0.717) is 5.11 Å². The van der Waals surface area contributed by atoms with E-state index in [0.717, 1.165) is 25.3 Å². The van der Waals surface area contributed by atoms with Crippen LogP contribution in [0, 0.1) is 6.92 Å². The molecule has 2 aromatic rings. The van der Waals surface area contributed by atoms with Gasteiger partial charge in [0, 0.05) is 31.5 Å². The van der Waals surface area contributed by atoms with Crippen LogP contribution in [0.2, 0.25) is 0 Å². The summed E-state index contributed by atoms with van der Waals surface area (Å²) in [5.74, 6) is 0. The van der Waals surface area contributed by atoms with Gasteiger partial charge in [-0.05, 0) is 50.3 Å². The predicted octanol–water partition coefficient (Wildman–Crippen LogP) is 3.20. The standard InChI is InChI=1S/C17H22N4S/c1-3-21(16-8-6-14(2)7-9-16)12-11-19-17(22)20-15-5-4-10-18-13-15/h4-10,13H,3,11-12H2,1-2H3,(H2,19,20,22). The third kappa shape index (κ3) is 5.00. The average Bonchev–Trinajstić information content (AvgIpc) is 2.54. The van der Waals surface area contributed by atoms with Crippen LogP contribution in [0.15, 0.2) is 48.8 Å². The van der Waals surface area contributed by atoms with Crippen molar-refractivity contribution >= 4 is 28.7 Å². The van der Waals surface area contributed by atoms with E-state index in [9.17, 15) is 0 Å². The minimum absolute atomic E-state index is 0.618.